The first-order chi connectivity index (χ1) is 9.20. The Morgan fingerprint density at radius 2 is 2.32 bits per heavy atom. The van der Waals surface area contributed by atoms with Gasteiger partial charge in [0.25, 0.3) is 5.91 Å². The second kappa shape index (κ2) is 6.24. The topological polar surface area (TPSA) is 79.8 Å². The van der Waals surface area contributed by atoms with E-state index in [0.29, 0.717) is 10.7 Å². The van der Waals surface area contributed by atoms with Crippen LogP contribution < -0.4 is 10.6 Å². The third-order valence-electron chi connectivity index (χ3n) is 2.43. The second-order valence-corrected chi connectivity index (χ2v) is 4.83. The highest BCUT2D eigenvalue weighted by Crippen LogP contribution is 2.18. The molecule has 1 amide bonds. The van der Waals surface area contributed by atoms with Gasteiger partial charge in [-0.15, -0.1) is 10.2 Å². The van der Waals surface area contributed by atoms with Crippen LogP contribution in [-0.2, 0) is 0 Å². The lowest BCUT2D eigenvalue weighted by atomic mass is 10.2. The third-order valence-corrected chi connectivity index (χ3v) is 3.04. The smallest absolute Gasteiger partial charge is 0.261 e. The van der Waals surface area contributed by atoms with Crippen molar-refractivity contribution < 1.29 is 4.79 Å². The molecule has 0 aromatic carbocycles. The van der Waals surface area contributed by atoms with E-state index in [1.165, 1.54) is 11.3 Å². The van der Waals surface area contributed by atoms with Gasteiger partial charge in [0.2, 0.25) is 5.13 Å². The zero-order chi connectivity index (χ0) is 13.7. The van der Waals surface area contributed by atoms with E-state index in [9.17, 15) is 4.79 Å². The molecule has 0 unspecified atom stereocenters. The lowest BCUT2D eigenvalue weighted by molar-refractivity contribution is 0.102. The largest absolute Gasteiger partial charge is 0.384 e. The minimum absolute atomic E-state index is 0.233. The van der Waals surface area contributed by atoms with Gasteiger partial charge in [0.05, 0.1) is 11.3 Å². The molecule has 2 rings (SSSR count). The molecule has 7 heteroatoms. The zero-order valence-corrected chi connectivity index (χ0v) is 11.6. The van der Waals surface area contributed by atoms with Crippen LogP contribution in [0.5, 0.6) is 0 Å². The summed E-state index contributed by atoms with van der Waals surface area (Å²) in [7, 11) is 0. The molecule has 6 nitrogen and oxygen atoms in total. The van der Waals surface area contributed by atoms with Gasteiger partial charge in [-0.2, -0.15) is 0 Å². The fourth-order valence-electron chi connectivity index (χ4n) is 1.54. The maximum atomic E-state index is 12.2. The van der Waals surface area contributed by atoms with Crippen molar-refractivity contribution in [2.24, 2.45) is 0 Å². The summed E-state index contributed by atoms with van der Waals surface area (Å²) < 4.78 is 0. The predicted molar refractivity (Wildman–Crippen MR) is 75.6 cm³/mol. The SMILES string of the molecule is CCCNc1cc(C)ncc1C(=O)Nc1nncs1. The van der Waals surface area contributed by atoms with Crippen molar-refractivity contribution in [3.8, 4) is 0 Å². The van der Waals surface area contributed by atoms with Gasteiger partial charge >= 0.3 is 0 Å². The van der Waals surface area contributed by atoms with Crippen molar-refractivity contribution in [2.45, 2.75) is 20.3 Å². The highest BCUT2D eigenvalue weighted by molar-refractivity contribution is 7.13. The monoisotopic (exact) mass is 277 g/mol. The first-order valence-corrected chi connectivity index (χ1v) is 6.86. The lowest BCUT2D eigenvalue weighted by Gasteiger charge is -2.11. The fourth-order valence-corrected chi connectivity index (χ4v) is 1.98. The lowest BCUT2D eigenvalue weighted by Crippen LogP contribution is -2.15. The van der Waals surface area contributed by atoms with Crippen LogP contribution >= 0.6 is 11.3 Å². The molecule has 2 aromatic heterocycles. The van der Waals surface area contributed by atoms with Gasteiger partial charge in [-0.05, 0) is 19.4 Å². The normalized spacial score (nSPS) is 10.2. The average molecular weight is 277 g/mol. The Morgan fingerprint density at radius 1 is 1.47 bits per heavy atom. The first kappa shape index (κ1) is 13.4. The van der Waals surface area contributed by atoms with E-state index in [4.69, 9.17) is 0 Å². The van der Waals surface area contributed by atoms with E-state index in [0.717, 1.165) is 24.3 Å². The van der Waals surface area contributed by atoms with Crippen LogP contribution in [0.25, 0.3) is 0 Å². The van der Waals surface area contributed by atoms with E-state index >= 15 is 0 Å². The summed E-state index contributed by atoms with van der Waals surface area (Å²) in [5.41, 5.74) is 3.73. The predicted octanol–water partition coefficient (Wildman–Crippen LogP) is 2.32. The minimum atomic E-state index is -0.233. The number of anilines is 2. The number of hydrogen-bond acceptors (Lipinski definition) is 6. The Labute approximate surface area is 115 Å². The van der Waals surface area contributed by atoms with Crippen molar-refractivity contribution in [1.82, 2.24) is 15.2 Å². The van der Waals surface area contributed by atoms with Gasteiger partial charge < -0.3 is 5.32 Å². The van der Waals surface area contributed by atoms with Crippen LogP contribution in [0, 0.1) is 6.92 Å². The fraction of sp³-hybridized carbons (Fsp3) is 0.333. The summed E-state index contributed by atoms with van der Waals surface area (Å²) in [5.74, 6) is -0.233. The third kappa shape index (κ3) is 3.47. The van der Waals surface area contributed by atoms with Gasteiger partial charge in [0.15, 0.2) is 0 Å². The Balaban J connectivity index is 2.20. The number of hydrogen-bond donors (Lipinski definition) is 2. The van der Waals surface area contributed by atoms with Gasteiger partial charge in [-0.3, -0.25) is 15.1 Å². The van der Waals surface area contributed by atoms with Crippen molar-refractivity contribution in [2.75, 3.05) is 17.2 Å². The van der Waals surface area contributed by atoms with Gasteiger partial charge in [0.1, 0.15) is 5.51 Å². The molecule has 0 aliphatic rings. The number of aryl methyl sites for hydroxylation is 1. The van der Waals surface area contributed by atoms with Crippen LogP contribution in [0.4, 0.5) is 10.8 Å². The summed E-state index contributed by atoms with van der Waals surface area (Å²) in [6.07, 6.45) is 2.56. The number of aromatic nitrogens is 3. The zero-order valence-electron chi connectivity index (χ0n) is 10.8. The number of nitrogens with one attached hydrogen (secondary N) is 2. The molecular weight excluding hydrogens is 262 g/mol. The van der Waals surface area contributed by atoms with Crippen LogP contribution in [-0.4, -0.2) is 27.6 Å². The highest BCUT2D eigenvalue weighted by Gasteiger charge is 2.13. The maximum absolute atomic E-state index is 12.2. The van der Waals surface area contributed by atoms with Crippen molar-refractivity contribution in [3.05, 3.63) is 29.0 Å². The van der Waals surface area contributed by atoms with E-state index in [1.807, 2.05) is 13.0 Å². The molecule has 0 aliphatic heterocycles. The summed E-state index contributed by atoms with van der Waals surface area (Å²) >= 11 is 1.28. The molecule has 2 heterocycles. The molecule has 19 heavy (non-hydrogen) atoms. The van der Waals surface area contributed by atoms with E-state index in [1.54, 1.807) is 11.7 Å². The van der Waals surface area contributed by atoms with Crippen molar-refractivity contribution in [3.63, 3.8) is 0 Å². The summed E-state index contributed by atoms with van der Waals surface area (Å²) in [5, 5.41) is 13.9. The van der Waals surface area contributed by atoms with Crippen molar-refractivity contribution in [1.29, 1.82) is 0 Å². The Kier molecular flexibility index (Phi) is 4.40. The quantitative estimate of drug-likeness (QED) is 0.876. The average Bonchev–Trinajstić information content (AvgIpc) is 2.89. The van der Waals surface area contributed by atoms with Crippen LogP contribution in [0.1, 0.15) is 29.4 Å². The van der Waals surface area contributed by atoms with E-state index in [-0.39, 0.29) is 5.91 Å². The number of rotatable bonds is 5. The first-order valence-electron chi connectivity index (χ1n) is 5.98. The number of pyridine rings is 1. The molecule has 0 aliphatic carbocycles. The molecule has 2 N–H and O–H groups in total. The molecule has 0 fully saturated rings. The summed E-state index contributed by atoms with van der Waals surface area (Å²) in [6.45, 7) is 4.77. The van der Waals surface area contributed by atoms with E-state index in [2.05, 4.69) is 32.7 Å². The molecule has 2 aromatic rings. The maximum Gasteiger partial charge on any atom is 0.261 e. The van der Waals surface area contributed by atoms with Gasteiger partial charge in [-0.1, -0.05) is 18.3 Å². The number of carbonyl (C=O) groups is 1. The molecule has 0 bridgehead atoms. The van der Waals surface area contributed by atoms with E-state index < -0.39 is 0 Å². The summed E-state index contributed by atoms with van der Waals surface area (Å²) in [4.78, 5) is 16.3. The Bertz CT molecular complexity index is 555. The number of carbonyl (C=O) groups excluding carboxylic acids is 1. The molecule has 0 radical (unpaired) electrons. The molecule has 100 valence electrons. The van der Waals surface area contributed by atoms with Crippen molar-refractivity contribution >= 4 is 28.1 Å². The Hall–Kier alpha value is -2.02. The molecule has 0 atom stereocenters. The minimum Gasteiger partial charge on any atom is -0.384 e. The second-order valence-electron chi connectivity index (χ2n) is 4.00. The highest BCUT2D eigenvalue weighted by atomic mass is 32.1. The molecule has 0 saturated heterocycles. The Morgan fingerprint density at radius 3 is 3.00 bits per heavy atom. The molecular formula is C12H15N5OS. The van der Waals surface area contributed by atoms with Crippen LogP contribution in [0.2, 0.25) is 0 Å². The number of amides is 1. The van der Waals surface area contributed by atoms with Crippen LogP contribution in [0.15, 0.2) is 17.8 Å². The standard InChI is InChI=1S/C12H15N5OS/c1-3-4-13-10-5-8(2)14-6-9(10)11(18)16-12-17-15-7-19-12/h5-7H,3-4H2,1-2H3,(H,13,14)(H,16,17,18). The number of nitrogens with zero attached hydrogens (tertiary/aromatic N) is 3. The molecule has 0 spiro atoms. The van der Waals surface area contributed by atoms with Crippen LogP contribution in [0.3, 0.4) is 0 Å². The van der Waals surface area contributed by atoms with Gasteiger partial charge in [-0.25, -0.2) is 0 Å². The van der Waals surface area contributed by atoms with Gasteiger partial charge in [0, 0.05) is 18.4 Å². The molecule has 0 saturated carbocycles. The summed E-state index contributed by atoms with van der Waals surface area (Å²) in [6, 6.07) is 1.87.